The molecule has 1 atom stereocenters. The van der Waals surface area contributed by atoms with Crippen molar-refractivity contribution >= 4 is 17.4 Å². The van der Waals surface area contributed by atoms with Crippen molar-refractivity contribution in [3.05, 3.63) is 64.5 Å². The summed E-state index contributed by atoms with van der Waals surface area (Å²) in [6.07, 6.45) is 1.05. The molecule has 2 aliphatic rings. The number of methoxy groups -OCH3 is 4. The molecule has 8 heteroatoms. The number of benzene rings is 2. The van der Waals surface area contributed by atoms with Crippen molar-refractivity contribution in [2.45, 2.75) is 39.5 Å². The lowest BCUT2D eigenvalue weighted by molar-refractivity contribution is -0.118. The van der Waals surface area contributed by atoms with Crippen molar-refractivity contribution in [2.75, 3.05) is 33.8 Å². The third kappa shape index (κ3) is 4.88. The van der Waals surface area contributed by atoms with Gasteiger partial charge in [0.2, 0.25) is 0 Å². The number of anilines is 1. The highest BCUT2D eigenvalue weighted by Gasteiger charge is 2.44. The fraction of sp³-hybridized carbons (Fsp3) is 0.379. The predicted molar refractivity (Wildman–Crippen MR) is 141 cm³/mol. The summed E-state index contributed by atoms with van der Waals surface area (Å²) in [7, 11) is 6.20. The molecular weight excluding hydrogens is 472 g/mol. The molecule has 0 radical (unpaired) electrons. The van der Waals surface area contributed by atoms with E-state index < -0.39 is 5.92 Å². The van der Waals surface area contributed by atoms with Gasteiger partial charge in [0.1, 0.15) is 11.5 Å². The molecular formula is C29H34N2O6. The molecule has 2 N–H and O–H groups in total. The molecule has 196 valence electrons. The molecule has 1 aliphatic carbocycles. The first kappa shape index (κ1) is 26.1. The van der Waals surface area contributed by atoms with Crippen molar-refractivity contribution in [3.8, 4) is 23.0 Å². The fourth-order valence-corrected chi connectivity index (χ4v) is 5.26. The molecule has 0 bridgehead atoms. The lowest BCUT2D eigenvalue weighted by atomic mass is 9.68. The minimum Gasteiger partial charge on any atom is -0.496 e. The van der Waals surface area contributed by atoms with Crippen LogP contribution in [0.4, 0.5) is 5.69 Å². The van der Waals surface area contributed by atoms with Gasteiger partial charge in [-0.1, -0.05) is 26.0 Å². The summed E-state index contributed by atoms with van der Waals surface area (Å²) in [5, 5.41) is 6.37. The lowest BCUT2D eigenvalue weighted by Gasteiger charge is -2.40. The summed E-state index contributed by atoms with van der Waals surface area (Å²) < 4.78 is 22.2. The van der Waals surface area contributed by atoms with E-state index in [9.17, 15) is 9.59 Å². The fourth-order valence-electron chi connectivity index (χ4n) is 5.26. The number of carbonyl (C=O) groups excluding carboxylic acids is 2. The highest BCUT2D eigenvalue weighted by Crippen LogP contribution is 2.50. The van der Waals surface area contributed by atoms with E-state index in [-0.39, 0.29) is 17.1 Å². The Morgan fingerprint density at radius 1 is 0.919 bits per heavy atom. The minimum absolute atomic E-state index is 0.00400. The van der Waals surface area contributed by atoms with E-state index in [0.29, 0.717) is 63.9 Å². The van der Waals surface area contributed by atoms with Crippen LogP contribution in [0.25, 0.3) is 0 Å². The molecule has 0 fully saturated rings. The first-order valence-corrected chi connectivity index (χ1v) is 12.1. The first-order chi connectivity index (χ1) is 17.6. The van der Waals surface area contributed by atoms with Gasteiger partial charge >= 0.3 is 0 Å². The van der Waals surface area contributed by atoms with Gasteiger partial charge in [0.05, 0.1) is 40.0 Å². The van der Waals surface area contributed by atoms with Crippen LogP contribution in [0.5, 0.6) is 23.0 Å². The molecule has 0 aromatic heterocycles. The smallest absolute Gasteiger partial charge is 0.254 e. The van der Waals surface area contributed by atoms with Crippen molar-refractivity contribution in [1.82, 2.24) is 5.32 Å². The summed E-state index contributed by atoms with van der Waals surface area (Å²) in [5.41, 5.74) is 3.46. The van der Waals surface area contributed by atoms with Gasteiger partial charge < -0.3 is 29.6 Å². The highest BCUT2D eigenvalue weighted by atomic mass is 16.5. The predicted octanol–water partition coefficient (Wildman–Crippen LogP) is 4.96. The van der Waals surface area contributed by atoms with Gasteiger partial charge in [0.15, 0.2) is 17.3 Å². The zero-order valence-electron chi connectivity index (χ0n) is 22.4. The number of para-hydroxylation sites is 2. The average molecular weight is 507 g/mol. The molecule has 0 spiro atoms. The van der Waals surface area contributed by atoms with Crippen LogP contribution in [0.15, 0.2) is 58.9 Å². The number of rotatable bonds is 7. The minimum atomic E-state index is -0.677. The van der Waals surface area contributed by atoms with Gasteiger partial charge in [-0.3, -0.25) is 9.59 Å². The van der Waals surface area contributed by atoms with Crippen molar-refractivity contribution in [1.29, 1.82) is 0 Å². The van der Waals surface area contributed by atoms with Crippen LogP contribution in [0.3, 0.4) is 0 Å². The van der Waals surface area contributed by atoms with Crippen molar-refractivity contribution in [3.63, 3.8) is 0 Å². The Balaban J connectivity index is 1.92. The molecule has 4 rings (SSSR count). The zero-order valence-corrected chi connectivity index (χ0v) is 22.4. The molecule has 2 aromatic carbocycles. The van der Waals surface area contributed by atoms with Crippen LogP contribution >= 0.6 is 0 Å². The molecule has 2 aromatic rings. The number of nitrogens with one attached hydrogen (secondary N) is 2. The quantitative estimate of drug-likeness (QED) is 0.548. The van der Waals surface area contributed by atoms with E-state index in [1.165, 1.54) is 0 Å². The number of dihydropyridines is 1. The third-order valence-corrected chi connectivity index (χ3v) is 6.89. The lowest BCUT2D eigenvalue weighted by Crippen LogP contribution is -2.39. The number of hydrogen-bond acceptors (Lipinski definition) is 7. The maximum Gasteiger partial charge on any atom is 0.254 e. The zero-order chi connectivity index (χ0) is 26.9. The van der Waals surface area contributed by atoms with Crippen LogP contribution in [0.2, 0.25) is 0 Å². The van der Waals surface area contributed by atoms with Crippen LogP contribution in [0, 0.1) is 5.41 Å². The maximum atomic E-state index is 13.9. The molecule has 1 amide bonds. The summed E-state index contributed by atoms with van der Waals surface area (Å²) in [5.74, 6) is 0.964. The summed E-state index contributed by atoms with van der Waals surface area (Å²) in [6.45, 7) is 6.00. The second-order valence-corrected chi connectivity index (χ2v) is 10.0. The maximum absolute atomic E-state index is 13.9. The van der Waals surface area contributed by atoms with Crippen LogP contribution in [0.1, 0.15) is 45.1 Å². The van der Waals surface area contributed by atoms with E-state index >= 15 is 0 Å². The number of Topliss-reactive ketones (excluding diaryl/α,β-unsaturated/α-hetero) is 1. The van der Waals surface area contributed by atoms with Gasteiger partial charge in [0.25, 0.3) is 5.91 Å². The van der Waals surface area contributed by atoms with Crippen molar-refractivity contribution in [2.24, 2.45) is 5.41 Å². The van der Waals surface area contributed by atoms with Crippen LogP contribution in [-0.2, 0) is 9.59 Å². The number of allylic oxidation sites excluding steroid dienone is 3. The number of hydrogen-bond donors (Lipinski definition) is 2. The van der Waals surface area contributed by atoms with Crippen LogP contribution in [-0.4, -0.2) is 40.1 Å². The van der Waals surface area contributed by atoms with Gasteiger partial charge in [0, 0.05) is 40.6 Å². The molecule has 1 aliphatic heterocycles. The standard InChI is InChI=1S/C29H34N2O6/c1-16-25(28(33)31-18-10-8-9-11-21(18)34-4)26(27-19(30-16)14-29(2,3)15-20(27)32)17-12-23(36-6)24(37-7)13-22(17)35-5/h8-13,26,30H,14-15H2,1-7H3,(H,31,33). The molecule has 0 saturated carbocycles. The summed E-state index contributed by atoms with van der Waals surface area (Å²) in [4.78, 5) is 27.6. The highest BCUT2D eigenvalue weighted by molar-refractivity contribution is 6.10. The molecule has 1 unspecified atom stereocenters. The number of amides is 1. The molecule has 0 saturated heterocycles. The summed E-state index contributed by atoms with van der Waals surface area (Å²) in [6, 6.07) is 10.7. The van der Waals surface area contributed by atoms with Gasteiger partial charge in [-0.25, -0.2) is 0 Å². The normalized spacial score (nSPS) is 18.6. The Hall–Kier alpha value is -3.94. The van der Waals surface area contributed by atoms with Gasteiger partial charge in [-0.15, -0.1) is 0 Å². The second kappa shape index (κ2) is 10.2. The van der Waals surface area contributed by atoms with Gasteiger partial charge in [-0.2, -0.15) is 0 Å². The first-order valence-electron chi connectivity index (χ1n) is 12.1. The molecule has 1 heterocycles. The third-order valence-electron chi connectivity index (χ3n) is 6.89. The SMILES string of the molecule is COc1ccccc1NC(=O)C1=C(C)NC2=C(C(=O)CC(C)(C)C2)C1c1cc(OC)c(OC)cc1OC. The Bertz CT molecular complexity index is 1310. The second-order valence-electron chi connectivity index (χ2n) is 10.0. The number of ketones is 1. The average Bonchev–Trinajstić information content (AvgIpc) is 2.86. The van der Waals surface area contributed by atoms with E-state index in [2.05, 4.69) is 24.5 Å². The topological polar surface area (TPSA) is 95.1 Å². The van der Waals surface area contributed by atoms with Crippen molar-refractivity contribution < 1.29 is 28.5 Å². The van der Waals surface area contributed by atoms with Crippen LogP contribution < -0.4 is 29.6 Å². The Morgan fingerprint density at radius 2 is 1.54 bits per heavy atom. The largest absolute Gasteiger partial charge is 0.496 e. The molecule has 37 heavy (non-hydrogen) atoms. The van der Waals surface area contributed by atoms with Gasteiger partial charge in [-0.05, 0) is 37.0 Å². The van der Waals surface area contributed by atoms with E-state index in [4.69, 9.17) is 18.9 Å². The Labute approximate surface area is 217 Å². The number of carbonyl (C=O) groups is 2. The number of ether oxygens (including phenoxy) is 4. The van der Waals surface area contributed by atoms with E-state index in [1.54, 1.807) is 52.7 Å². The van der Waals surface area contributed by atoms with E-state index in [0.717, 1.165) is 5.70 Å². The Morgan fingerprint density at radius 3 is 2.19 bits per heavy atom. The van der Waals surface area contributed by atoms with E-state index in [1.807, 2.05) is 19.1 Å². The monoisotopic (exact) mass is 506 g/mol. The Kier molecular flexibility index (Phi) is 7.21. The summed E-state index contributed by atoms with van der Waals surface area (Å²) >= 11 is 0. The molecule has 8 nitrogen and oxygen atoms in total.